The Hall–Kier alpha value is -1.46. The summed E-state index contributed by atoms with van der Waals surface area (Å²) in [6.45, 7) is 0.893. The van der Waals surface area contributed by atoms with Crippen LogP contribution in [0.25, 0.3) is 0 Å². The van der Waals surface area contributed by atoms with E-state index in [4.69, 9.17) is 11.2 Å². The van der Waals surface area contributed by atoms with Crippen molar-refractivity contribution in [1.82, 2.24) is 5.32 Å². The van der Waals surface area contributed by atoms with Crippen LogP contribution in [0.3, 0.4) is 0 Å². The molecule has 0 saturated heterocycles. The molecule has 2 rings (SSSR count). The monoisotopic (exact) mass is 229 g/mol. The van der Waals surface area contributed by atoms with Gasteiger partial charge in [0.2, 0.25) is 0 Å². The van der Waals surface area contributed by atoms with Crippen molar-refractivity contribution < 1.29 is 4.74 Å². The van der Waals surface area contributed by atoms with Gasteiger partial charge in [-0.1, -0.05) is 12.1 Å². The first kappa shape index (κ1) is 12.0. The summed E-state index contributed by atoms with van der Waals surface area (Å²) in [5, 5.41) is 3.55. The van der Waals surface area contributed by atoms with E-state index in [0.717, 1.165) is 24.6 Å². The van der Waals surface area contributed by atoms with Crippen LogP contribution in [0.5, 0.6) is 5.75 Å². The van der Waals surface area contributed by atoms with E-state index in [1.54, 1.807) is 7.11 Å². The molecule has 1 aliphatic rings. The molecule has 0 aliphatic heterocycles. The summed E-state index contributed by atoms with van der Waals surface area (Å²) in [6.07, 6.45) is 8.71. The van der Waals surface area contributed by atoms with E-state index < -0.39 is 0 Å². The third kappa shape index (κ3) is 3.25. The number of nitrogens with one attached hydrogen (secondary N) is 1. The van der Waals surface area contributed by atoms with Crippen molar-refractivity contribution in [2.45, 2.75) is 25.3 Å². The fourth-order valence-corrected chi connectivity index (χ4v) is 2.10. The lowest BCUT2D eigenvalue weighted by Crippen LogP contribution is -2.23. The van der Waals surface area contributed by atoms with Crippen LogP contribution in [0.2, 0.25) is 0 Å². The highest BCUT2D eigenvalue weighted by Crippen LogP contribution is 2.41. The summed E-state index contributed by atoms with van der Waals surface area (Å²) < 4.78 is 5.18. The van der Waals surface area contributed by atoms with E-state index in [1.807, 2.05) is 12.1 Å². The number of hydrogen-bond donors (Lipinski definition) is 1. The Kier molecular flexibility index (Phi) is 4.06. The Morgan fingerprint density at radius 1 is 1.41 bits per heavy atom. The number of terminal acetylenes is 1. The predicted molar refractivity (Wildman–Crippen MR) is 69.9 cm³/mol. The SMILES string of the molecule is C#CCCNC(c1ccc(OC)cc1)C1CC1. The van der Waals surface area contributed by atoms with Crippen molar-refractivity contribution in [3.05, 3.63) is 29.8 Å². The molecule has 0 radical (unpaired) electrons. The van der Waals surface area contributed by atoms with Gasteiger partial charge in [0, 0.05) is 19.0 Å². The number of hydrogen-bond acceptors (Lipinski definition) is 2. The minimum Gasteiger partial charge on any atom is -0.497 e. The molecule has 1 aromatic carbocycles. The van der Waals surface area contributed by atoms with Gasteiger partial charge in [0.25, 0.3) is 0 Å². The summed E-state index contributed by atoms with van der Waals surface area (Å²) in [5.41, 5.74) is 1.34. The Bertz CT molecular complexity index is 386. The van der Waals surface area contributed by atoms with Gasteiger partial charge in [-0.05, 0) is 36.5 Å². The number of rotatable bonds is 6. The zero-order valence-electron chi connectivity index (χ0n) is 10.3. The molecule has 0 aromatic heterocycles. The maximum absolute atomic E-state index is 5.28. The van der Waals surface area contributed by atoms with Crippen molar-refractivity contribution in [3.8, 4) is 18.1 Å². The molecular formula is C15H19NO. The van der Waals surface area contributed by atoms with Gasteiger partial charge in [-0.2, -0.15) is 0 Å². The lowest BCUT2D eigenvalue weighted by molar-refractivity contribution is 0.414. The molecule has 0 heterocycles. The minimum absolute atomic E-state index is 0.453. The summed E-state index contributed by atoms with van der Waals surface area (Å²) in [5.74, 6) is 4.36. The number of methoxy groups -OCH3 is 1. The molecule has 0 amide bonds. The average molecular weight is 229 g/mol. The van der Waals surface area contributed by atoms with Gasteiger partial charge in [-0.3, -0.25) is 0 Å². The van der Waals surface area contributed by atoms with Crippen molar-refractivity contribution in [2.75, 3.05) is 13.7 Å². The highest BCUT2D eigenvalue weighted by molar-refractivity contribution is 5.30. The third-order valence-corrected chi connectivity index (χ3v) is 3.20. The first-order valence-corrected chi connectivity index (χ1v) is 6.16. The summed E-state index contributed by atoms with van der Waals surface area (Å²) in [6, 6.07) is 8.78. The van der Waals surface area contributed by atoms with Crippen LogP contribution in [0.4, 0.5) is 0 Å². The first-order valence-electron chi connectivity index (χ1n) is 6.16. The normalized spacial score (nSPS) is 16.2. The Morgan fingerprint density at radius 2 is 2.12 bits per heavy atom. The second-order valence-electron chi connectivity index (χ2n) is 4.50. The quantitative estimate of drug-likeness (QED) is 0.598. The van der Waals surface area contributed by atoms with Gasteiger partial charge >= 0.3 is 0 Å². The largest absolute Gasteiger partial charge is 0.497 e. The van der Waals surface area contributed by atoms with Crippen LogP contribution < -0.4 is 10.1 Å². The van der Waals surface area contributed by atoms with Crippen LogP contribution in [-0.2, 0) is 0 Å². The highest BCUT2D eigenvalue weighted by Gasteiger charge is 2.31. The first-order chi connectivity index (χ1) is 8.35. The fraction of sp³-hybridized carbons (Fsp3) is 0.467. The van der Waals surface area contributed by atoms with Gasteiger partial charge < -0.3 is 10.1 Å². The average Bonchev–Trinajstić information content (AvgIpc) is 3.19. The number of ether oxygens (including phenoxy) is 1. The van der Waals surface area contributed by atoms with Gasteiger partial charge in [0.05, 0.1) is 7.11 Å². The maximum Gasteiger partial charge on any atom is 0.118 e. The molecule has 1 aliphatic carbocycles. The Morgan fingerprint density at radius 3 is 2.65 bits per heavy atom. The summed E-state index contributed by atoms with van der Waals surface area (Å²) >= 11 is 0. The molecule has 1 aromatic rings. The standard InChI is InChI=1S/C15H19NO/c1-3-4-11-16-15(12-5-6-12)13-7-9-14(17-2)10-8-13/h1,7-10,12,15-16H,4-6,11H2,2H3. The Balaban J connectivity index is 2.01. The number of benzene rings is 1. The molecule has 1 N–H and O–H groups in total. The van der Waals surface area contributed by atoms with Crippen molar-refractivity contribution in [2.24, 2.45) is 5.92 Å². The van der Waals surface area contributed by atoms with E-state index in [2.05, 4.69) is 23.4 Å². The lowest BCUT2D eigenvalue weighted by Gasteiger charge is -2.18. The molecular weight excluding hydrogens is 210 g/mol. The van der Waals surface area contributed by atoms with Crippen LogP contribution >= 0.6 is 0 Å². The third-order valence-electron chi connectivity index (χ3n) is 3.20. The smallest absolute Gasteiger partial charge is 0.118 e. The minimum atomic E-state index is 0.453. The van der Waals surface area contributed by atoms with Crippen LogP contribution in [0.1, 0.15) is 30.9 Å². The molecule has 1 atom stereocenters. The van der Waals surface area contributed by atoms with E-state index in [1.165, 1.54) is 18.4 Å². The zero-order chi connectivity index (χ0) is 12.1. The fourth-order valence-electron chi connectivity index (χ4n) is 2.10. The van der Waals surface area contributed by atoms with Crippen molar-refractivity contribution >= 4 is 0 Å². The molecule has 1 saturated carbocycles. The molecule has 0 bridgehead atoms. The second kappa shape index (κ2) is 5.75. The van der Waals surface area contributed by atoms with Crippen LogP contribution in [0.15, 0.2) is 24.3 Å². The molecule has 0 spiro atoms. The van der Waals surface area contributed by atoms with Gasteiger partial charge in [0.15, 0.2) is 0 Å². The van der Waals surface area contributed by atoms with E-state index in [-0.39, 0.29) is 0 Å². The molecule has 90 valence electrons. The lowest BCUT2D eigenvalue weighted by atomic mass is 10.0. The molecule has 1 fully saturated rings. The topological polar surface area (TPSA) is 21.3 Å². The van der Waals surface area contributed by atoms with Gasteiger partial charge in [-0.15, -0.1) is 12.3 Å². The van der Waals surface area contributed by atoms with Crippen molar-refractivity contribution in [3.63, 3.8) is 0 Å². The van der Waals surface area contributed by atoms with E-state index in [9.17, 15) is 0 Å². The van der Waals surface area contributed by atoms with Gasteiger partial charge in [-0.25, -0.2) is 0 Å². The molecule has 2 heteroatoms. The molecule has 17 heavy (non-hydrogen) atoms. The molecule has 2 nitrogen and oxygen atoms in total. The summed E-state index contributed by atoms with van der Waals surface area (Å²) in [4.78, 5) is 0. The predicted octanol–water partition coefficient (Wildman–Crippen LogP) is 2.76. The van der Waals surface area contributed by atoms with E-state index in [0.29, 0.717) is 6.04 Å². The van der Waals surface area contributed by atoms with E-state index >= 15 is 0 Å². The van der Waals surface area contributed by atoms with Crippen LogP contribution in [-0.4, -0.2) is 13.7 Å². The maximum atomic E-state index is 5.28. The zero-order valence-corrected chi connectivity index (χ0v) is 10.3. The molecule has 1 unspecified atom stereocenters. The van der Waals surface area contributed by atoms with Crippen LogP contribution in [0, 0.1) is 18.3 Å². The highest BCUT2D eigenvalue weighted by atomic mass is 16.5. The second-order valence-corrected chi connectivity index (χ2v) is 4.50. The van der Waals surface area contributed by atoms with Gasteiger partial charge in [0.1, 0.15) is 5.75 Å². The van der Waals surface area contributed by atoms with Crippen molar-refractivity contribution in [1.29, 1.82) is 0 Å². The Labute approximate surface area is 103 Å². The summed E-state index contributed by atoms with van der Waals surface area (Å²) in [7, 11) is 1.69.